The van der Waals surface area contributed by atoms with Gasteiger partial charge in [-0.05, 0) is 30.7 Å². The summed E-state index contributed by atoms with van der Waals surface area (Å²) in [5.74, 6) is -1.13. The van der Waals surface area contributed by atoms with Gasteiger partial charge in [0.25, 0.3) is 0 Å². The first kappa shape index (κ1) is 17.7. The van der Waals surface area contributed by atoms with Gasteiger partial charge in [-0.25, -0.2) is 0 Å². The first-order valence-corrected chi connectivity index (χ1v) is 8.08. The van der Waals surface area contributed by atoms with Crippen molar-refractivity contribution >= 4 is 23.5 Å². The van der Waals surface area contributed by atoms with E-state index in [-0.39, 0.29) is 12.3 Å². The highest BCUT2D eigenvalue weighted by molar-refractivity contribution is 6.30. The Kier molecular flexibility index (Phi) is 6.38. The van der Waals surface area contributed by atoms with Gasteiger partial charge in [-0.2, -0.15) is 0 Å². The number of carboxylic acid groups (broad SMARTS) is 1. The van der Waals surface area contributed by atoms with E-state index < -0.39 is 12.0 Å². The van der Waals surface area contributed by atoms with E-state index in [1.807, 2.05) is 12.1 Å². The highest BCUT2D eigenvalue weighted by Gasteiger charge is 2.28. The van der Waals surface area contributed by atoms with E-state index in [2.05, 4.69) is 9.80 Å². The monoisotopic (exact) mass is 339 g/mol. The average Bonchev–Trinajstić information content (AvgIpc) is 2.50. The number of carbonyl (C=O) groups excluding carboxylic acids is 1. The van der Waals surface area contributed by atoms with Gasteiger partial charge in [-0.15, -0.1) is 0 Å². The molecular formula is C16H22ClN3O3. The molecule has 1 aromatic rings. The van der Waals surface area contributed by atoms with Crippen molar-refractivity contribution in [1.82, 2.24) is 9.80 Å². The van der Waals surface area contributed by atoms with Crippen LogP contribution in [0.25, 0.3) is 0 Å². The maximum Gasteiger partial charge on any atom is 0.303 e. The van der Waals surface area contributed by atoms with Crippen LogP contribution >= 0.6 is 11.6 Å². The van der Waals surface area contributed by atoms with Gasteiger partial charge >= 0.3 is 5.97 Å². The number of primary amides is 1. The van der Waals surface area contributed by atoms with E-state index in [9.17, 15) is 9.59 Å². The molecule has 1 atom stereocenters. The Morgan fingerprint density at radius 1 is 1.17 bits per heavy atom. The van der Waals surface area contributed by atoms with Crippen molar-refractivity contribution in [2.75, 3.05) is 32.7 Å². The standard InChI is InChI=1S/C16H22ClN3O3/c17-13-5-3-12(4-6-13)15(16(18)23)20-10-8-19(9-11-20)7-1-2-14(21)22/h3-6,15H,1-2,7-11H2,(H2,18,23)(H,21,22). The smallest absolute Gasteiger partial charge is 0.303 e. The third kappa shape index (κ3) is 5.20. The van der Waals surface area contributed by atoms with Gasteiger partial charge in [0.1, 0.15) is 6.04 Å². The Labute approximate surface area is 140 Å². The number of hydrogen-bond donors (Lipinski definition) is 2. The topological polar surface area (TPSA) is 86.9 Å². The predicted octanol–water partition coefficient (Wildman–Crippen LogP) is 1.35. The summed E-state index contributed by atoms with van der Waals surface area (Å²) in [5.41, 5.74) is 6.44. The van der Waals surface area contributed by atoms with Crippen LogP contribution in [0.15, 0.2) is 24.3 Å². The quantitative estimate of drug-likeness (QED) is 0.783. The molecule has 1 unspecified atom stereocenters. The minimum atomic E-state index is -0.764. The molecular weight excluding hydrogens is 318 g/mol. The van der Waals surface area contributed by atoms with Crippen LogP contribution in [0.3, 0.4) is 0 Å². The number of nitrogens with zero attached hydrogens (tertiary/aromatic N) is 2. The molecule has 1 aliphatic rings. The summed E-state index contributed by atoms with van der Waals surface area (Å²) in [7, 11) is 0. The zero-order chi connectivity index (χ0) is 16.8. The number of amides is 1. The molecule has 6 nitrogen and oxygen atoms in total. The number of hydrogen-bond acceptors (Lipinski definition) is 4. The first-order chi connectivity index (χ1) is 11.0. The Balaban J connectivity index is 1.92. The van der Waals surface area contributed by atoms with E-state index in [4.69, 9.17) is 22.4 Å². The van der Waals surface area contributed by atoms with Crippen LogP contribution in [0, 0.1) is 0 Å². The Hall–Kier alpha value is -1.63. The van der Waals surface area contributed by atoms with Crippen molar-refractivity contribution in [1.29, 1.82) is 0 Å². The summed E-state index contributed by atoms with van der Waals surface area (Å²) >= 11 is 5.89. The molecule has 1 saturated heterocycles. The van der Waals surface area contributed by atoms with Crippen molar-refractivity contribution in [3.8, 4) is 0 Å². The molecule has 1 aromatic carbocycles. The summed E-state index contributed by atoms with van der Waals surface area (Å²) in [6.45, 7) is 3.82. The van der Waals surface area contributed by atoms with Gasteiger partial charge in [0.2, 0.25) is 5.91 Å². The lowest BCUT2D eigenvalue weighted by Gasteiger charge is -2.38. The molecule has 2 rings (SSSR count). The molecule has 7 heteroatoms. The fraction of sp³-hybridized carbons (Fsp3) is 0.500. The number of halogens is 1. The summed E-state index contributed by atoms with van der Waals surface area (Å²) in [4.78, 5) is 26.7. The number of rotatable bonds is 7. The van der Waals surface area contributed by atoms with Crippen molar-refractivity contribution in [3.63, 3.8) is 0 Å². The largest absolute Gasteiger partial charge is 0.481 e. The van der Waals surface area contributed by atoms with Crippen LogP contribution in [0.5, 0.6) is 0 Å². The third-order valence-corrected chi connectivity index (χ3v) is 4.34. The van der Waals surface area contributed by atoms with Crippen LogP contribution < -0.4 is 5.73 Å². The van der Waals surface area contributed by atoms with Gasteiger partial charge in [0, 0.05) is 37.6 Å². The molecule has 3 N–H and O–H groups in total. The average molecular weight is 340 g/mol. The molecule has 0 radical (unpaired) electrons. The second-order valence-electron chi connectivity index (χ2n) is 5.73. The molecule has 0 bridgehead atoms. The van der Waals surface area contributed by atoms with Crippen molar-refractivity contribution in [2.45, 2.75) is 18.9 Å². The number of carbonyl (C=O) groups is 2. The van der Waals surface area contributed by atoms with Crippen molar-refractivity contribution in [3.05, 3.63) is 34.9 Å². The molecule has 0 aliphatic carbocycles. The molecule has 0 saturated carbocycles. The maximum absolute atomic E-state index is 11.9. The van der Waals surface area contributed by atoms with E-state index in [0.29, 0.717) is 11.4 Å². The van der Waals surface area contributed by atoms with Crippen LogP contribution in [-0.4, -0.2) is 59.5 Å². The van der Waals surface area contributed by atoms with E-state index in [1.165, 1.54) is 0 Å². The normalized spacial score (nSPS) is 17.8. The Morgan fingerprint density at radius 2 is 1.78 bits per heavy atom. The third-order valence-electron chi connectivity index (χ3n) is 4.09. The highest BCUT2D eigenvalue weighted by Crippen LogP contribution is 2.23. The van der Waals surface area contributed by atoms with Gasteiger partial charge in [0.05, 0.1) is 0 Å². The number of nitrogens with two attached hydrogens (primary N) is 1. The summed E-state index contributed by atoms with van der Waals surface area (Å²) < 4.78 is 0. The molecule has 0 spiro atoms. The fourth-order valence-corrected chi connectivity index (χ4v) is 3.03. The number of piperazine rings is 1. The number of carboxylic acids is 1. The van der Waals surface area contributed by atoms with E-state index in [1.54, 1.807) is 12.1 Å². The Bertz CT molecular complexity index is 542. The lowest BCUT2D eigenvalue weighted by Crippen LogP contribution is -2.50. The van der Waals surface area contributed by atoms with Crippen molar-refractivity contribution < 1.29 is 14.7 Å². The molecule has 23 heavy (non-hydrogen) atoms. The maximum atomic E-state index is 11.9. The van der Waals surface area contributed by atoms with Gasteiger partial charge in [-0.1, -0.05) is 23.7 Å². The molecule has 1 heterocycles. The second kappa shape index (κ2) is 8.29. The second-order valence-corrected chi connectivity index (χ2v) is 6.17. The molecule has 1 aliphatic heterocycles. The minimum Gasteiger partial charge on any atom is -0.481 e. The summed E-state index contributed by atoms with van der Waals surface area (Å²) in [6.07, 6.45) is 0.834. The zero-order valence-electron chi connectivity index (χ0n) is 12.9. The summed E-state index contributed by atoms with van der Waals surface area (Å²) in [5, 5.41) is 9.30. The molecule has 1 fully saturated rings. The highest BCUT2D eigenvalue weighted by atomic mass is 35.5. The zero-order valence-corrected chi connectivity index (χ0v) is 13.7. The van der Waals surface area contributed by atoms with E-state index in [0.717, 1.165) is 38.3 Å². The number of aliphatic carboxylic acids is 1. The van der Waals surface area contributed by atoms with Crippen LogP contribution in [0.2, 0.25) is 5.02 Å². The van der Waals surface area contributed by atoms with Crippen molar-refractivity contribution in [2.24, 2.45) is 5.73 Å². The van der Waals surface area contributed by atoms with Crippen LogP contribution in [0.1, 0.15) is 24.4 Å². The van der Waals surface area contributed by atoms with E-state index >= 15 is 0 Å². The Morgan fingerprint density at radius 3 is 2.30 bits per heavy atom. The molecule has 1 amide bonds. The minimum absolute atomic E-state index is 0.189. The lowest BCUT2D eigenvalue weighted by atomic mass is 10.0. The first-order valence-electron chi connectivity index (χ1n) is 7.70. The fourth-order valence-electron chi connectivity index (χ4n) is 2.90. The molecule has 0 aromatic heterocycles. The summed E-state index contributed by atoms with van der Waals surface area (Å²) in [6, 6.07) is 6.73. The van der Waals surface area contributed by atoms with Gasteiger partial charge < -0.3 is 15.7 Å². The number of benzene rings is 1. The van der Waals surface area contributed by atoms with Gasteiger partial charge in [0.15, 0.2) is 0 Å². The van der Waals surface area contributed by atoms with Crippen LogP contribution in [0.4, 0.5) is 0 Å². The lowest BCUT2D eigenvalue weighted by molar-refractivity contribution is -0.137. The SMILES string of the molecule is NC(=O)C(c1ccc(Cl)cc1)N1CCN(CCCC(=O)O)CC1. The van der Waals surface area contributed by atoms with Crippen LogP contribution in [-0.2, 0) is 9.59 Å². The molecule has 126 valence electrons. The van der Waals surface area contributed by atoms with Gasteiger partial charge in [-0.3, -0.25) is 14.5 Å². The predicted molar refractivity (Wildman–Crippen MR) is 88.3 cm³/mol.